The summed E-state index contributed by atoms with van der Waals surface area (Å²) in [5.74, 6) is 0. The highest BCUT2D eigenvalue weighted by molar-refractivity contribution is 7.79. The first-order chi connectivity index (χ1) is 4.30. The molecule has 0 amide bonds. The summed E-state index contributed by atoms with van der Waals surface area (Å²) in [6.07, 6.45) is 7.39. The van der Waals surface area contributed by atoms with E-state index in [-0.39, 0.29) is 5.17 Å². The van der Waals surface area contributed by atoms with Gasteiger partial charge >= 0.3 is 0 Å². The Hall–Kier alpha value is -0.830. The summed E-state index contributed by atoms with van der Waals surface area (Å²) in [4.78, 5) is 1.58. The van der Waals surface area contributed by atoms with Crippen LogP contribution in [-0.2, 0) is 0 Å². The van der Waals surface area contributed by atoms with E-state index in [1.54, 1.807) is 11.1 Å². The van der Waals surface area contributed by atoms with Crippen LogP contribution < -0.4 is 0 Å². The first kappa shape index (κ1) is 6.29. The van der Waals surface area contributed by atoms with Gasteiger partial charge in [0.2, 0.25) is 0 Å². The van der Waals surface area contributed by atoms with Gasteiger partial charge in [0.05, 0.1) is 0 Å². The number of rotatable bonds is 0. The number of nitrogens with zero attached hydrogens (tertiary/aromatic N) is 1. The van der Waals surface area contributed by atoms with Gasteiger partial charge in [0.15, 0.2) is 0 Å². The average molecular weight is 141 g/mol. The fourth-order valence-corrected chi connectivity index (χ4v) is 0.745. The number of allylic oxidation sites excluding steroid dienone is 2. The number of hydrogen-bond acceptors (Lipinski definition) is 1. The lowest BCUT2D eigenvalue weighted by Gasteiger charge is -2.15. The van der Waals surface area contributed by atoms with E-state index in [9.17, 15) is 0 Å². The van der Waals surface area contributed by atoms with Crippen molar-refractivity contribution < 1.29 is 5.11 Å². The molecular formula is C6H7NOS. The third-order valence-corrected chi connectivity index (χ3v) is 1.30. The maximum atomic E-state index is 8.75. The minimum atomic E-state index is -0.0735. The number of thiocarbonyl (C=S) groups is 1. The summed E-state index contributed by atoms with van der Waals surface area (Å²) in [5, 5.41) is 8.68. The number of aliphatic hydroxyl groups is 1. The molecule has 0 atom stereocenters. The van der Waals surface area contributed by atoms with Crippen LogP contribution in [-0.4, -0.2) is 21.7 Å². The van der Waals surface area contributed by atoms with Gasteiger partial charge in [-0.05, 0) is 18.3 Å². The summed E-state index contributed by atoms with van der Waals surface area (Å²) < 4.78 is 0. The average Bonchev–Trinajstić information content (AvgIpc) is 1.90. The van der Waals surface area contributed by atoms with Gasteiger partial charge in [-0.15, -0.1) is 0 Å². The highest BCUT2D eigenvalue weighted by atomic mass is 32.1. The second kappa shape index (κ2) is 2.64. The third-order valence-electron chi connectivity index (χ3n) is 1.06. The zero-order valence-electron chi connectivity index (χ0n) is 4.82. The molecule has 0 unspecified atom stereocenters. The van der Waals surface area contributed by atoms with E-state index in [2.05, 4.69) is 12.2 Å². The summed E-state index contributed by atoms with van der Waals surface area (Å²) in [5.41, 5.74) is 0. The lowest BCUT2D eigenvalue weighted by atomic mass is 10.4. The fraction of sp³-hybridized carbons (Fsp3) is 0.167. The van der Waals surface area contributed by atoms with Crippen LogP contribution in [0.1, 0.15) is 0 Å². The van der Waals surface area contributed by atoms with Crippen LogP contribution in [0.25, 0.3) is 0 Å². The summed E-state index contributed by atoms with van der Waals surface area (Å²) >= 11 is 4.51. The summed E-state index contributed by atoms with van der Waals surface area (Å²) in [6, 6.07) is 0. The van der Waals surface area contributed by atoms with Crippen LogP contribution in [0, 0.1) is 0 Å². The summed E-state index contributed by atoms with van der Waals surface area (Å²) in [6.45, 7) is 0.672. The van der Waals surface area contributed by atoms with Gasteiger partial charge in [0.1, 0.15) is 0 Å². The van der Waals surface area contributed by atoms with E-state index in [1.165, 1.54) is 0 Å². The Balaban J connectivity index is 2.56. The van der Waals surface area contributed by atoms with Crippen LogP contribution >= 0.6 is 12.2 Å². The maximum Gasteiger partial charge on any atom is 0.261 e. The van der Waals surface area contributed by atoms with Crippen molar-refractivity contribution >= 4 is 17.4 Å². The molecule has 0 saturated heterocycles. The van der Waals surface area contributed by atoms with E-state index in [0.29, 0.717) is 6.54 Å². The van der Waals surface area contributed by atoms with Gasteiger partial charge in [0.25, 0.3) is 5.17 Å². The van der Waals surface area contributed by atoms with Crippen molar-refractivity contribution in [3.63, 3.8) is 0 Å². The zero-order chi connectivity index (χ0) is 6.69. The highest BCUT2D eigenvalue weighted by Crippen LogP contribution is 1.97. The highest BCUT2D eigenvalue weighted by Gasteiger charge is 2.01. The maximum absolute atomic E-state index is 8.75. The van der Waals surface area contributed by atoms with Gasteiger partial charge in [-0.2, -0.15) is 0 Å². The minimum Gasteiger partial charge on any atom is -0.486 e. The van der Waals surface area contributed by atoms with Crippen molar-refractivity contribution in [3.05, 3.63) is 24.4 Å². The lowest BCUT2D eigenvalue weighted by molar-refractivity contribution is 0.443. The van der Waals surface area contributed by atoms with E-state index < -0.39 is 0 Å². The van der Waals surface area contributed by atoms with Gasteiger partial charge in [-0.3, -0.25) is 0 Å². The Kier molecular flexibility index (Phi) is 1.85. The monoisotopic (exact) mass is 141 g/mol. The molecule has 0 aromatic heterocycles. The first-order valence-corrected chi connectivity index (χ1v) is 3.04. The molecule has 1 rings (SSSR count). The molecular weight excluding hydrogens is 134 g/mol. The molecule has 0 aromatic carbocycles. The quantitative estimate of drug-likeness (QED) is 0.513. The van der Waals surface area contributed by atoms with Crippen molar-refractivity contribution in [1.29, 1.82) is 0 Å². The molecule has 1 N–H and O–H groups in total. The smallest absolute Gasteiger partial charge is 0.261 e. The van der Waals surface area contributed by atoms with Crippen molar-refractivity contribution in [2.75, 3.05) is 6.54 Å². The predicted molar refractivity (Wildman–Crippen MR) is 40.2 cm³/mol. The molecule has 0 bridgehead atoms. The Bertz CT molecular complexity index is 174. The van der Waals surface area contributed by atoms with E-state index in [0.717, 1.165) is 0 Å². The predicted octanol–water partition coefficient (Wildman–Crippen LogP) is 1.21. The third kappa shape index (κ3) is 1.54. The number of aliphatic hydroxyl groups excluding tert-OH is 1. The van der Waals surface area contributed by atoms with E-state index >= 15 is 0 Å². The Labute approximate surface area is 59.1 Å². The normalized spacial score (nSPS) is 16.2. The molecule has 1 aliphatic rings. The van der Waals surface area contributed by atoms with Crippen molar-refractivity contribution in [3.8, 4) is 0 Å². The van der Waals surface area contributed by atoms with Gasteiger partial charge in [0, 0.05) is 12.7 Å². The molecule has 1 heterocycles. The molecule has 0 radical (unpaired) electrons. The zero-order valence-corrected chi connectivity index (χ0v) is 5.64. The molecule has 0 aliphatic carbocycles. The standard InChI is InChI=1S/C6H7NOS/c8-6(9)7-4-2-1-3-5-7/h1-4H,5H2,(H,8,9). The largest absolute Gasteiger partial charge is 0.486 e. The Morgan fingerprint density at radius 3 is 2.67 bits per heavy atom. The van der Waals surface area contributed by atoms with E-state index in [4.69, 9.17) is 5.11 Å². The van der Waals surface area contributed by atoms with Gasteiger partial charge in [-0.25, -0.2) is 0 Å². The molecule has 1 aliphatic heterocycles. The van der Waals surface area contributed by atoms with Crippen molar-refractivity contribution in [1.82, 2.24) is 4.90 Å². The minimum absolute atomic E-state index is 0.0735. The molecule has 0 spiro atoms. The van der Waals surface area contributed by atoms with Crippen LogP contribution in [0.2, 0.25) is 0 Å². The fourth-order valence-electron chi connectivity index (χ4n) is 0.609. The molecule has 0 aromatic rings. The second-order valence-corrected chi connectivity index (χ2v) is 2.07. The Morgan fingerprint density at radius 2 is 2.33 bits per heavy atom. The number of hydrogen-bond donors (Lipinski definition) is 1. The van der Waals surface area contributed by atoms with Crippen LogP contribution in [0.5, 0.6) is 0 Å². The molecule has 0 fully saturated rings. The van der Waals surface area contributed by atoms with Crippen LogP contribution in [0.4, 0.5) is 0 Å². The molecule has 9 heavy (non-hydrogen) atoms. The van der Waals surface area contributed by atoms with Crippen molar-refractivity contribution in [2.45, 2.75) is 0 Å². The summed E-state index contributed by atoms with van der Waals surface area (Å²) in [7, 11) is 0. The Morgan fingerprint density at radius 1 is 1.56 bits per heavy atom. The molecule has 2 nitrogen and oxygen atoms in total. The van der Waals surface area contributed by atoms with Gasteiger partial charge in [-0.1, -0.05) is 12.2 Å². The van der Waals surface area contributed by atoms with Crippen LogP contribution in [0.3, 0.4) is 0 Å². The second-order valence-electron chi connectivity index (χ2n) is 1.70. The molecule has 0 saturated carbocycles. The topological polar surface area (TPSA) is 23.5 Å². The SMILES string of the molecule is OC(=S)N1C=CC=CC1. The lowest BCUT2D eigenvalue weighted by Crippen LogP contribution is -2.24. The molecule has 3 heteroatoms. The molecule has 48 valence electrons. The first-order valence-electron chi connectivity index (χ1n) is 2.63. The van der Waals surface area contributed by atoms with Crippen molar-refractivity contribution in [2.24, 2.45) is 0 Å². The van der Waals surface area contributed by atoms with Gasteiger partial charge < -0.3 is 10.0 Å². The van der Waals surface area contributed by atoms with Crippen LogP contribution in [0.15, 0.2) is 24.4 Å². The van der Waals surface area contributed by atoms with E-state index in [1.807, 2.05) is 18.2 Å².